The number of aromatic nitrogens is 1. The number of oxazole rings is 1. The predicted octanol–water partition coefficient (Wildman–Crippen LogP) is 2.71. The molecule has 5 nitrogen and oxygen atoms in total. The molecule has 6 heteroatoms. The molecule has 2 aromatic heterocycles. The van der Waals surface area contributed by atoms with Crippen LogP contribution in [0.2, 0.25) is 0 Å². The summed E-state index contributed by atoms with van der Waals surface area (Å²) in [7, 11) is 1.98. The molecule has 0 aliphatic carbocycles. The number of rotatable bonds is 5. The summed E-state index contributed by atoms with van der Waals surface area (Å²) in [5, 5.41) is 5.22. The van der Waals surface area contributed by atoms with Gasteiger partial charge in [0.25, 0.3) is 0 Å². The van der Waals surface area contributed by atoms with Gasteiger partial charge in [-0.3, -0.25) is 4.79 Å². The molecule has 0 spiro atoms. The molecular formula is C17H23N3O2S. The van der Waals surface area contributed by atoms with E-state index >= 15 is 0 Å². The van der Waals surface area contributed by atoms with Crippen LogP contribution in [0.25, 0.3) is 10.8 Å². The average molecular weight is 333 g/mol. The predicted molar refractivity (Wildman–Crippen MR) is 91.5 cm³/mol. The summed E-state index contributed by atoms with van der Waals surface area (Å²) >= 11 is 1.59. The number of nitrogens with one attached hydrogen (secondary N) is 1. The highest BCUT2D eigenvalue weighted by atomic mass is 32.1. The molecule has 0 aromatic carbocycles. The number of hydrogen-bond acceptors (Lipinski definition) is 5. The first kappa shape index (κ1) is 16.2. The number of carbonyl (C=O) groups is 1. The zero-order valence-corrected chi connectivity index (χ0v) is 14.5. The number of amides is 1. The van der Waals surface area contributed by atoms with Crippen LogP contribution in [-0.4, -0.2) is 42.5 Å². The highest BCUT2D eigenvalue weighted by molar-refractivity contribution is 7.13. The Labute approximate surface area is 140 Å². The van der Waals surface area contributed by atoms with Crippen molar-refractivity contribution in [2.24, 2.45) is 5.92 Å². The Morgan fingerprint density at radius 1 is 1.48 bits per heavy atom. The van der Waals surface area contributed by atoms with Gasteiger partial charge in [0.05, 0.1) is 17.0 Å². The van der Waals surface area contributed by atoms with Crippen LogP contribution in [0.3, 0.4) is 0 Å². The summed E-state index contributed by atoms with van der Waals surface area (Å²) in [6.07, 6.45) is 2.48. The molecule has 0 bridgehead atoms. The zero-order valence-electron chi connectivity index (χ0n) is 13.7. The monoisotopic (exact) mass is 333 g/mol. The summed E-state index contributed by atoms with van der Waals surface area (Å²) in [6.45, 7) is 4.61. The SMILES string of the molecule is CNCC1CCN(C(=O)Cc2nc(-c3cccs3)oc2C)CC1. The number of thiophene rings is 1. The topological polar surface area (TPSA) is 58.4 Å². The molecular weight excluding hydrogens is 310 g/mol. The number of aryl methyl sites for hydroxylation is 1. The van der Waals surface area contributed by atoms with E-state index < -0.39 is 0 Å². The van der Waals surface area contributed by atoms with Gasteiger partial charge in [0.1, 0.15) is 5.76 Å². The van der Waals surface area contributed by atoms with Crippen LogP contribution in [-0.2, 0) is 11.2 Å². The van der Waals surface area contributed by atoms with Crippen LogP contribution in [0.1, 0.15) is 24.3 Å². The van der Waals surface area contributed by atoms with E-state index in [1.165, 1.54) is 0 Å². The highest BCUT2D eigenvalue weighted by Crippen LogP contribution is 2.26. The molecule has 3 rings (SSSR count). The van der Waals surface area contributed by atoms with Crippen molar-refractivity contribution in [2.45, 2.75) is 26.2 Å². The van der Waals surface area contributed by atoms with Gasteiger partial charge in [0.2, 0.25) is 11.8 Å². The second-order valence-corrected chi connectivity index (χ2v) is 7.01. The lowest BCUT2D eigenvalue weighted by Crippen LogP contribution is -2.41. The van der Waals surface area contributed by atoms with Crippen molar-refractivity contribution >= 4 is 17.2 Å². The van der Waals surface area contributed by atoms with Crippen molar-refractivity contribution in [3.63, 3.8) is 0 Å². The van der Waals surface area contributed by atoms with E-state index in [2.05, 4.69) is 10.3 Å². The lowest BCUT2D eigenvalue weighted by molar-refractivity contribution is -0.131. The number of piperidine rings is 1. The van der Waals surface area contributed by atoms with Crippen LogP contribution >= 0.6 is 11.3 Å². The molecule has 2 aromatic rings. The number of likely N-dealkylation sites (tertiary alicyclic amines) is 1. The summed E-state index contributed by atoms with van der Waals surface area (Å²) in [5.74, 6) is 2.20. The Hall–Kier alpha value is -1.66. The Morgan fingerprint density at radius 3 is 2.91 bits per heavy atom. The third kappa shape index (κ3) is 3.82. The van der Waals surface area contributed by atoms with Gasteiger partial charge in [0, 0.05) is 13.1 Å². The minimum atomic E-state index is 0.155. The van der Waals surface area contributed by atoms with Crippen molar-refractivity contribution in [2.75, 3.05) is 26.7 Å². The van der Waals surface area contributed by atoms with Gasteiger partial charge in [-0.15, -0.1) is 11.3 Å². The van der Waals surface area contributed by atoms with Crippen LogP contribution in [0.15, 0.2) is 21.9 Å². The Kier molecular flexibility index (Phi) is 5.13. The van der Waals surface area contributed by atoms with E-state index in [1.807, 2.05) is 36.4 Å². The van der Waals surface area contributed by atoms with Gasteiger partial charge in [-0.1, -0.05) is 6.07 Å². The quantitative estimate of drug-likeness (QED) is 0.914. The van der Waals surface area contributed by atoms with Crippen molar-refractivity contribution < 1.29 is 9.21 Å². The average Bonchev–Trinajstić information content (AvgIpc) is 3.19. The van der Waals surface area contributed by atoms with Gasteiger partial charge in [0.15, 0.2) is 0 Å². The van der Waals surface area contributed by atoms with E-state index in [-0.39, 0.29) is 5.91 Å². The van der Waals surface area contributed by atoms with E-state index in [9.17, 15) is 4.79 Å². The number of hydrogen-bond donors (Lipinski definition) is 1. The van der Waals surface area contributed by atoms with Crippen LogP contribution < -0.4 is 5.32 Å². The van der Waals surface area contributed by atoms with E-state index in [0.717, 1.165) is 48.8 Å². The normalized spacial score (nSPS) is 16.0. The van der Waals surface area contributed by atoms with Gasteiger partial charge in [-0.25, -0.2) is 4.98 Å². The summed E-state index contributed by atoms with van der Waals surface area (Å²) in [5.41, 5.74) is 0.760. The molecule has 0 radical (unpaired) electrons. The molecule has 1 N–H and O–H groups in total. The van der Waals surface area contributed by atoms with Crippen molar-refractivity contribution in [1.82, 2.24) is 15.2 Å². The minimum Gasteiger partial charge on any atom is -0.440 e. The second-order valence-electron chi connectivity index (χ2n) is 6.06. The molecule has 23 heavy (non-hydrogen) atoms. The summed E-state index contributed by atoms with van der Waals surface area (Å²) < 4.78 is 5.72. The smallest absolute Gasteiger partial charge is 0.236 e. The Morgan fingerprint density at radius 2 is 2.26 bits per heavy atom. The molecule has 1 saturated heterocycles. The largest absolute Gasteiger partial charge is 0.440 e. The number of nitrogens with zero attached hydrogens (tertiary/aromatic N) is 2. The van der Waals surface area contributed by atoms with Crippen molar-refractivity contribution in [3.8, 4) is 10.8 Å². The third-order valence-electron chi connectivity index (χ3n) is 4.40. The molecule has 124 valence electrons. The molecule has 0 saturated carbocycles. The van der Waals surface area contributed by atoms with Gasteiger partial charge in [-0.05, 0) is 50.7 Å². The molecule has 1 aliphatic heterocycles. The maximum atomic E-state index is 12.5. The standard InChI is InChI=1S/C17H23N3O2S/c1-12-14(19-17(22-12)15-4-3-9-23-15)10-16(21)20-7-5-13(6-8-20)11-18-2/h3-4,9,13,18H,5-8,10-11H2,1-2H3. The Bertz CT molecular complexity index is 643. The Balaban J connectivity index is 1.60. The zero-order chi connectivity index (χ0) is 16.2. The number of carbonyl (C=O) groups excluding carboxylic acids is 1. The second kappa shape index (κ2) is 7.27. The maximum Gasteiger partial charge on any atom is 0.236 e. The molecule has 3 heterocycles. The fourth-order valence-electron chi connectivity index (χ4n) is 3.03. The minimum absolute atomic E-state index is 0.155. The highest BCUT2D eigenvalue weighted by Gasteiger charge is 2.24. The van der Waals surface area contributed by atoms with E-state index in [0.29, 0.717) is 18.2 Å². The first-order chi connectivity index (χ1) is 11.2. The van der Waals surface area contributed by atoms with Gasteiger partial charge in [-0.2, -0.15) is 0 Å². The van der Waals surface area contributed by atoms with Gasteiger partial charge < -0.3 is 14.6 Å². The van der Waals surface area contributed by atoms with Crippen molar-refractivity contribution in [1.29, 1.82) is 0 Å². The maximum absolute atomic E-state index is 12.5. The summed E-state index contributed by atoms with van der Waals surface area (Å²) in [6, 6.07) is 3.95. The lowest BCUT2D eigenvalue weighted by Gasteiger charge is -2.31. The molecule has 1 fully saturated rings. The molecule has 0 atom stereocenters. The molecule has 1 amide bonds. The van der Waals surface area contributed by atoms with E-state index in [1.54, 1.807) is 11.3 Å². The van der Waals surface area contributed by atoms with Crippen LogP contribution in [0, 0.1) is 12.8 Å². The van der Waals surface area contributed by atoms with Gasteiger partial charge >= 0.3 is 0 Å². The third-order valence-corrected chi connectivity index (χ3v) is 5.26. The molecule has 1 aliphatic rings. The first-order valence-electron chi connectivity index (χ1n) is 8.10. The fraction of sp³-hybridized carbons (Fsp3) is 0.529. The van der Waals surface area contributed by atoms with Crippen LogP contribution in [0.5, 0.6) is 0 Å². The van der Waals surface area contributed by atoms with Crippen molar-refractivity contribution in [3.05, 3.63) is 29.0 Å². The van der Waals surface area contributed by atoms with E-state index in [4.69, 9.17) is 4.42 Å². The lowest BCUT2D eigenvalue weighted by atomic mass is 9.96. The molecule has 0 unspecified atom stereocenters. The fourth-order valence-corrected chi connectivity index (χ4v) is 3.68. The van der Waals surface area contributed by atoms with Crippen LogP contribution in [0.4, 0.5) is 0 Å². The first-order valence-corrected chi connectivity index (χ1v) is 8.98. The summed E-state index contributed by atoms with van der Waals surface area (Å²) in [4.78, 5) is 20.0.